The van der Waals surface area contributed by atoms with E-state index in [2.05, 4.69) is 15.5 Å². The summed E-state index contributed by atoms with van der Waals surface area (Å²) in [4.78, 5) is 14.9. The lowest BCUT2D eigenvalue weighted by Gasteiger charge is -2.15. The molecule has 1 N–H and O–H groups in total. The Kier molecular flexibility index (Phi) is 5.41. The molecule has 1 aromatic carbocycles. The normalized spacial score (nSPS) is 15.2. The monoisotopic (exact) mass is 448 g/mol. The number of aromatic nitrogens is 2. The van der Waals surface area contributed by atoms with E-state index < -0.39 is 20.6 Å². The highest BCUT2D eigenvalue weighted by Crippen LogP contribution is 2.30. The van der Waals surface area contributed by atoms with E-state index in [9.17, 15) is 18.5 Å². The van der Waals surface area contributed by atoms with Gasteiger partial charge in [0.1, 0.15) is 17.0 Å². The quantitative estimate of drug-likeness (QED) is 0.351. The van der Waals surface area contributed by atoms with Crippen LogP contribution in [0.2, 0.25) is 5.15 Å². The zero-order chi connectivity index (χ0) is 21.3. The smallest absolute Gasteiger partial charge is 0.295 e. The summed E-state index contributed by atoms with van der Waals surface area (Å²) in [5.41, 5.74) is 3.38. The minimum Gasteiger partial charge on any atom is -0.297 e. The highest BCUT2D eigenvalue weighted by atomic mass is 35.5. The van der Waals surface area contributed by atoms with Crippen molar-refractivity contribution in [3.8, 4) is 0 Å². The minimum atomic E-state index is -3.76. The molecule has 0 aliphatic carbocycles. The molecule has 0 amide bonds. The second-order valence-electron chi connectivity index (χ2n) is 6.63. The van der Waals surface area contributed by atoms with E-state index in [4.69, 9.17) is 11.6 Å². The molecule has 1 saturated heterocycles. The standard InChI is InChI=1S/C18H17ClN6O4S/c19-18-16(24-10-2-1-5-17(24)21-18)12-20-22-14-7-6-13(11-15(14)25(26)27)30(28,29)23-8-3-4-9-23/h1-2,5-7,10-12,22H,3-4,8-9H2. The Balaban J connectivity index is 1.62. The van der Waals surface area contributed by atoms with Gasteiger partial charge >= 0.3 is 0 Å². The second kappa shape index (κ2) is 8.01. The van der Waals surface area contributed by atoms with Crippen LogP contribution in [0, 0.1) is 10.1 Å². The number of benzene rings is 1. The number of hydrogen-bond donors (Lipinski definition) is 1. The SMILES string of the molecule is O=[N+]([O-])c1cc(S(=O)(=O)N2CCCC2)ccc1NN=Cc1c(Cl)nc2ccccn12. The number of pyridine rings is 1. The van der Waals surface area contributed by atoms with Gasteiger partial charge in [0.25, 0.3) is 5.69 Å². The molecule has 1 aliphatic rings. The van der Waals surface area contributed by atoms with Crippen LogP contribution >= 0.6 is 11.6 Å². The van der Waals surface area contributed by atoms with Crippen molar-refractivity contribution in [1.82, 2.24) is 13.7 Å². The molecule has 12 heteroatoms. The van der Waals surface area contributed by atoms with Crippen molar-refractivity contribution in [3.05, 3.63) is 63.6 Å². The van der Waals surface area contributed by atoms with Crippen molar-refractivity contribution in [1.29, 1.82) is 0 Å². The van der Waals surface area contributed by atoms with Crippen LogP contribution in [0.25, 0.3) is 5.65 Å². The van der Waals surface area contributed by atoms with Crippen LogP contribution in [-0.2, 0) is 10.0 Å². The summed E-state index contributed by atoms with van der Waals surface area (Å²) < 4.78 is 28.4. The fourth-order valence-electron chi connectivity index (χ4n) is 3.26. The molecule has 1 fully saturated rings. The number of nitro benzene ring substituents is 1. The Morgan fingerprint density at radius 3 is 2.73 bits per heavy atom. The van der Waals surface area contributed by atoms with E-state index >= 15 is 0 Å². The molecule has 3 heterocycles. The Labute approximate surface area is 177 Å². The van der Waals surface area contributed by atoms with Crippen LogP contribution < -0.4 is 5.43 Å². The van der Waals surface area contributed by atoms with Gasteiger partial charge in [0, 0.05) is 25.4 Å². The number of imidazole rings is 1. The van der Waals surface area contributed by atoms with Gasteiger partial charge in [-0.2, -0.15) is 9.41 Å². The van der Waals surface area contributed by atoms with Gasteiger partial charge in [-0.15, -0.1) is 0 Å². The minimum absolute atomic E-state index is 0.0570. The third-order valence-electron chi connectivity index (χ3n) is 4.76. The molecule has 156 valence electrons. The highest BCUT2D eigenvalue weighted by Gasteiger charge is 2.29. The number of anilines is 1. The van der Waals surface area contributed by atoms with Crippen molar-refractivity contribution in [2.75, 3.05) is 18.5 Å². The molecular formula is C18H17ClN6O4S. The lowest BCUT2D eigenvalue weighted by Crippen LogP contribution is -2.27. The summed E-state index contributed by atoms with van der Waals surface area (Å²) in [5.74, 6) is 0. The average Bonchev–Trinajstić information content (AvgIpc) is 3.37. The van der Waals surface area contributed by atoms with Crippen LogP contribution in [0.4, 0.5) is 11.4 Å². The molecule has 3 aromatic rings. The fourth-order valence-corrected chi connectivity index (χ4v) is 5.02. The molecule has 1 aliphatic heterocycles. The van der Waals surface area contributed by atoms with Crippen LogP contribution in [0.1, 0.15) is 18.5 Å². The van der Waals surface area contributed by atoms with Crippen molar-refractivity contribution in [2.45, 2.75) is 17.7 Å². The molecule has 0 saturated carbocycles. The number of hydrogen-bond acceptors (Lipinski definition) is 7. The van der Waals surface area contributed by atoms with Gasteiger partial charge in [0.05, 0.1) is 16.0 Å². The molecule has 10 nitrogen and oxygen atoms in total. The number of fused-ring (bicyclic) bond motifs is 1. The van der Waals surface area contributed by atoms with Gasteiger partial charge in [0.15, 0.2) is 5.15 Å². The number of sulfonamides is 1. The Morgan fingerprint density at radius 1 is 1.23 bits per heavy atom. The van der Waals surface area contributed by atoms with E-state index in [0.29, 0.717) is 24.4 Å². The number of nitrogens with one attached hydrogen (secondary N) is 1. The maximum atomic E-state index is 12.7. The zero-order valence-corrected chi connectivity index (χ0v) is 17.2. The van der Waals surface area contributed by atoms with Crippen LogP contribution in [0.5, 0.6) is 0 Å². The van der Waals surface area contributed by atoms with Crippen molar-refractivity contribution in [3.63, 3.8) is 0 Å². The topological polar surface area (TPSA) is 122 Å². The molecule has 2 aromatic heterocycles. The molecule has 0 radical (unpaired) electrons. The zero-order valence-electron chi connectivity index (χ0n) is 15.6. The summed E-state index contributed by atoms with van der Waals surface area (Å²) >= 11 is 6.13. The van der Waals surface area contributed by atoms with Crippen molar-refractivity contribution >= 4 is 44.9 Å². The first-order chi connectivity index (χ1) is 14.4. The van der Waals surface area contributed by atoms with Crippen molar-refractivity contribution < 1.29 is 13.3 Å². The van der Waals surface area contributed by atoms with Crippen LogP contribution in [0.15, 0.2) is 52.6 Å². The number of hydrazone groups is 1. The van der Waals surface area contributed by atoms with Gasteiger partial charge in [-0.05, 0) is 37.1 Å². The first-order valence-electron chi connectivity index (χ1n) is 9.08. The second-order valence-corrected chi connectivity index (χ2v) is 8.93. The predicted molar refractivity (Wildman–Crippen MR) is 113 cm³/mol. The fraction of sp³-hybridized carbons (Fsp3) is 0.222. The molecular weight excluding hydrogens is 432 g/mol. The number of rotatable bonds is 6. The molecule has 0 spiro atoms. The Hall–Kier alpha value is -3.02. The predicted octanol–water partition coefficient (Wildman–Crippen LogP) is 3.13. The van der Waals surface area contributed by atoms with Gasteiger partial charge < -0.3 is 0 Å². The largest absolute Gasteiger partial charge is 0.297 e. The van der Waals surface area contributed by atoms with E-state index in [0.717, 1.165) is 18.9 Å². The summed E-state index contributed by atoms with van der Waals surface area (Å²) in [6.45, 7) is 0.834. The molecule has 0 unspecified atom stereocenters. The third-order valence-corrected chi connectivity index (χ3v) is 6.94. The summed E-state index contributed by atoms with van der Waals surface area (Å²) in [5, 5.41) is 15.8. The average molecular weight is 449 g/mol. The van der Waals surface area contributed by atoms with E-state index in [-0.39, 0.29) is 15.7 Å². The molecule has 4 rings (SSSR count). The van der Waals surface area contributed by atoms with E-state index in [1.165, 1.54) is 22.7 Å². The third kappa shape index (κ3) is 3.74. The molecule has 30 heavy (non-hydrogen) atoms. The summed E-state index contributed by atoms with van der Waals surface area (Å²) in [7, 11) is -3.76. The van der Waals surface area contributed by atoms with E-state index in [1.54, 1.807) is 22.7 Å². The number of halogens is 1. The first kappa shape index (κ1) is 20.3. The first-order valence-corrected chi connectivity index (χ1v) is 10.9. The molecule has 0 atom stereocenters. The summed E-state index contributed by atoms with van der Waals surface area (Å²) in [6, 6.07) is 9.11. The van der Waals surface area contributed by atoms with Gasteiger partial charge in [-0.1, -0.05) is 17.7 Å². The number of nitrogens with zero attached hydrogens (tertiary/aromatic N) is 5. The Bertz CT molecular complexity index is 1250. The van der Waals surface area contributed by atoms with E-state index in [1.807, 2.05) is 6.07 Å². The van der Waals surface area contributed by atoms with Gasteiger partial charge in [-0.25, -0.2) is 13.4 Å². The van der Waals surface area contributed by atoms with Gasteiger partial charge in [-0.3, -0.25) is 19.9 Å². The number of nitro groups is 1. The Morgan fingerprint density at radius 2 is 2.00 bits per heavy atom. The molecule has 0 bridgehead atoms. The van der Waals surface area contributed by atoms with Crippen LogP contribution in [-0.4, -0.2) is 46.3 Å². The maximum absolute atomic E-state index is 12.7. The highest BCUT2D eigenvalue weighted by molar-refractivity contribution is 7.89. The lowest BCUT2D eigenvalue weighted by molar-refractivity contribution is -0.384. The van der Waals surface area contributed by atoms with Crippen LogP contribution in [0.3, 0.4) is 0 Å². The maximum Gasteiger partial charge on any atom is 0.295 e. The lowest BCUT2D eigenvalue weighted by atomic mass is 10.3. The summed E-state index contributed by atoms with van der Waals surface area (Å²) in [6.07, 6.45) is 4.71. The van der Waals surface area contributed by atoms with Crippen molar-refractivity contribution in [2.24, 2.45) is 5.10 Å². The van der Waals surface area contributed by atoms with Gasteiger partial charge in [0.2, 0.25) is 10.0 Å².